The van der Waals surface area contributed by atoms with E-state index < -0.39 is 21.4 Å². The van der Waals surface area contributed by atoms with Gasteiger partial charge in [0.05, 0.1) is 16.6 Å². The second-order valence-electron chi connectivity index (χ2n) is 4.88. The third kappa shape index (κ3) is 2.52. The number of rotatable bonds is 4. The molecule has 0 amide bonds. The van der Waals surface area contributed by atoms with Crippen molar-refractivity contribution in [3.8, 4) is 0 Å². The highest BCUT2D eigenvalue weighted by Gasteiger charge is 2.45. The summed E-state index contributed by atoms with van der Waals surface area (Å²) in [5.74, 6) is -0.955. The molecule has 0 radical (unpaired) electrons. The molecule has 1 unspecified atom stereocenters. The van der Waals surface area contributed by atoms with E-state index in [4.69, 9.17) is 5.11 Å². The molecule has 1 N–H and O–H groups in total. The van der Waals surface area contributed by atoms with E-state index in [2.05, 4.69) is 4.98 Å². The summed E-state index contributed by atoms with van der Waals surface area (Å²) in [6.45, 7) is 3.75. The summed E-state index contributed by atoms with van der Waals surface area (Å²) in [5, 5.41) is 9.90. The Morgan fingerprint density at radius 1 is 1.63 bits per heavy atom. The molecule has 106 valence electrons. The first-order valence-electron chi connectivity index (χ1n) is 5.98. The molecule has 2 heterocycles. The molecule has 0 saturated carbocycles. The van der Waals surface area contributed by atoms with Gasteiger partial charge in [-0.1, -0.05) is 6.92 Å². The molecule has 1 atom stereocenters. The van der Waals surface area contributed by atoms with Crippen molar-refractivity contribution in [1.82, 2.24) is 9.29 Å². The van der Waals surface area contributed by atoms with Gasteiger partial charge in [-0.3, -0.25) is 4.79 Å². The molecule has 2 rings (SSSR count). The van der Waals surface area contributed by atoms with Gasteiger partial charge in [0.1, 0.15) is 0 Å². The SMILES string of the molecule is CCc1ncc(S(=O)(=O)N2CCC(C)(C(=O)O)C2)s1. The van der Waals surface area contributed by atoms with Crippen LogP contribution < -0.4 is 0 Å². The minimum absolute atomic E-state index is 0.0179. The minimum Gasteiger partial charge on any atom is -0.481 e. The van der Waals surface area contributed by atoms with Crippen LogP contribution in [0.4, 0.5) is 0 Å². The first-order chi connectivity index (χ1) is 8.79. The van der Waals surface area contributed by atoms with E-state index in [0.29, 0.717) is 12.8 Å². The van der Waals surface area contributed by atoms with Gasteiger partial charge in [-0.25, -0.2) is 13.4 Å². The topological polar surface area (TPSA) is 87.6 Å². The predicted molar refractivity (Wildman–Crippen MR) is 70.6 cm³/mol. The van der Waals surface area contributed by atoms with Crippen molar-refractivity contribution in [1.29, 1.82) is 0 Å². The number of sulfonamides is 1. The second kappa shape index (κ2) is 4.84. The number of carboxylic acid groups (broad SMARTS) is 1. The molecular formula is C11H16N2O4S2. The van der Waals surface area contributed by atoms with E-state index in [-0.39, 0.29) is 17.3 Å². The molecule has 1 fully saturated rings. The van der Waals surface area contributed by atoms with E-state index in [1.54, 1.807) is 6.92 Å². The number of nitrogens with zero attached hydrogens (tertiary/aromatic N) is 2. The van der Waals surface area contributed by atoms with Crippen molar-refractivity contribution in [3.05, 3.63) is 11.2 Å². The number of hydrogen-bond acceptors (Lipinski definition) is 5. The van der Waals surface area contributed by atoms with Crippen LogP contribution in [0.2, 0.25) is 0 Å². The summed E-state index contributed by atoms with van der Waals surface area (Å²) in [7, 11) is -3.61. The number of aryl methyl sites for hydroxylation is 1. The number of aromatic nitrogens is 1. The highest BCUT2D eigenvalue weighted by Crippen LogP contribution is 2.34. The van der Waals surface area contributed by atoms with E-state index in [1.807, 2.05) is 6.92 Å². The lowest BCUT2D eigenvalue weighted by Crippen LogP contribution is -2.34. The summed E-state index contributed by atoms with van der Waals surface area (Å²) < 4.78 is 26.2. The zero-order valence-electron chi connectivity index (χ0n) is 10.8. The first-order valence-corrected chi connectivity index (χ1v) is 8.23. The Bertz CT molecular complexity index is 596. The molecule has 8 heteroatoms. The fraction of sp³-hybridized carbons (Fsp3) is 0.636. The van der Waals surface area contributed by atoms with Crippen LogP contribution in [0.5, 0.6) is 0 Å². The summed E-state index contributed by atoms with van der Waals surface area (Å²) in [5.41, 5.74) is -0.995. The van der Waals surface area contributed by atoms with Crippen LogP contribution in [-0.4, -0.2) is 41.9 Å². The summed E-state index contributed by atoms with van der Waals surface area (Å²) in [6, 6.07) is 0. The van der Waals surface area contributed by atoms with Gasteiger partial charge in [-0.2, -0.15) is 4.31 Å². The molecule has 0 aliphatic carbocycles. The molecule has 1 aliphatic heterocycles. The van der Waals surface area contributed by atoms with E-state index in [9.17, 15) is 13.2 Å². The first kappa shape index (κ1) is 14.4. The standard InChI is InChI=1S/C11H16N2O4S2/c1-3-8-12-6-9(18-8)19(16,17)13-5-4-11(2,7-13)10(14)15/h6H,3-5,7H2,1-2H3,(H,14,15). The molecule has 19 heavy (non-hydrogen) atoms. The number of thiazole rings is 1. The molecule has 0 bridgehead atoms. The lowest BCUT2D eigenvalue weighted by Gasteiger charge is -2.19. The maximum Gasteiger partial charge on any atom is 0.310 e. The Kier molecular flexibility index (Phi) is 3.67. The average Bonchev–Trinajstić information content (AvgIpc) is 2.96. The quantitative estimate of drug-likeness (QED) is 0.903. The van der Waals surface area contributed by atoms with Gasteiger partial charge in [0, 0.05) is 13.1 Å². The fourth-order valence-electron chi connectivity index (χ4n) is 2.00. The average molecular weight is 304 g/mol. The van der Waals surface area contributed by atoms with E-state index in [0.717, 1.165) is 16.3 Å². The normalized spacial score (nSPS) is 24.7. The Hall–Kier alpha value is -0.990. The highest BCUT2D eigenvalue weighted by molar-refractivity contribution is 7.91. The Morgan fingerprint density at radius 2 is 2.32 bits per heavy atom. The van der Waals surface area contributed by atoms with Gasteiger partial charge in [-0.15, -0.1) is 11.3 Å². The summed E-state index contributed by atoms with van der Waals surface area (Å²) in [6.07, 6.45) is 2.38. The largest absolute Gasteiger partial charge is 0.481 e. The van der Waals surface area contributed by atoms with Crippen molar-refractivity contribution in [2.45, 2.75) is 30.9 Å². The molecule has 1 saturated heterocycles. The zero-order chi connectivity index (χ0) is 14.3. The zero-order valence-corrected chi connectivity index (χ0v) is 12.4. The summed E-state index contributed by atoms with van der Waals surface area (Å²) >= 11 is 1.15. The van der Waals surface area contributed by atoms with Crippen LogP contribution in [0.1, 0.15) is 25.3 Å². The lowest BCUT2D eigenvalue weighted by atomic mass is 9.90. The maximum atomic E-state index is 12.4. The van der Waals surface area contributed by atoms with Crippen LogP contribution in [-0.2, 0) is 21.2 Å². The van der Waals surface area contributed by atoms with Gasteiger partial charge in [0.2, 0.25) is 0 Å². The Balaban J connectivity index is 2.25. The van der Waals surface area contributed by atoms with E-state index >= 15 is 0 Å². The lowest BCUT2D eigenvalue weighted by molar-refractivity contribution is -0.146. The minimum atomic E-state index is -3.61. The Labute approximate surface area is 116 Å². The van der Waals surface area contributed by atoms with E-state index in [1.165, 1.54) is 10.5 Å². The van der Waals surface area contributed by atoms with Gasteiger partial charge in [-0.05, 0) is 19.8 Å². The molecule has 1 aliphatic rings. The van der Waals surface area contributed by atoms with Crippen LogP contribution in [0.15, 0.2) is 10.4 Å². The molecular weight excluding hydrogens is 288 g/mol. The predicted octanol–water partition coefficient (Wildman–Crippen LogP) is 1.19. The van der Waals surface area contributed by atoms with Gasteiger partial charge in [0.25, 0.3) is 10.0 Å². The van der Waals surface area contributed by atoms with Crippen LogP contribution in [0, 0.1) is 5.41 Å². The van der Waals surface area contributed by atoms with Crippen LogP contribution in [0.3, 0.4) is 0 Å². The van der Waals surface area contributed by atoms with Gasteiger partial charge >= 0.3 is 5.97 Å². The number of carboxylic acids is 1. The number of hydrogen-bond donors (Lipinski definition) is 1. The van der Waals surface area contributed by atoms with Crippen molar-refractivity contribution in [2.24, 2.45) is 5.41 Å². The third-order valence-corrected chi connectivity index (χ3v) is 6.81. The van der Waals surface area contributed by atoms with Gasteiger partial charge < -0.3 is 5.11 Å². The van der Waals surface area contributed by atoms with Crippen molar-refractivity contribution in [3.63, 3.8) is 0 Å². The molecule has 6 nitrogen and oxygen atoms in total. The number of aliphatic carboxylic acids is 1. The molecule has 0 spiro atoms. The Morgan fingerprint density at radius 3 is 2.79 bits per heavy atom. The van der Waals surface area contributed by atoms with Crippen LogP contribution >= 0.6 is 11.3 Å². The van der Waals surface area contributed by atoms with Gasteiger partial charge in [0.15, 0.2) is 4.21 Å². The fourth-order valence-corrected chi connectivity index (χ4v) is 4.84. The van der Waals surface area contributed by atoms with Crippen molar-refractivity contribution < 1.29 is 18.3 Å². The third-order valence-electron chi connectivity index (χ3n) is 3.38. The molecule has 0 aromatic carbocycles. The highest BCUT2D eigenvalue weighted by atomic mass is 32.2. The molecule has 1 aromatic heterocycles. The maximum absolute atomic E-state index is 12.4. The van der Waals surface area contributed by atoms with Crippen LogP contribution in [0.25, 0.3) is 0 Å². The monoisotopic (exact) mass is 304 g/mol. The number of carbonyl (C=O) groups is 1. The van der Waals surface area contributed by atoms with Crippen molar-refractivity contribution >= 4 is 27.3 Å². The van der Waals surface area contributed by atoms with Crippen molar-refractivity contribution in [2.75, 3.05) is 13.1 Å². The summed E-state index contributed by atoms with van der Waals surface area (Å²) in [4.78, 5) is 15.2. The molecule has 1 aromatic rings. The second-order valence-corrected chi connectivity index (χ2v) is 8.16. The smallest absolute Gasteiger partial charge is 0.310 e.